The van der Waals surface area contributed by atoms with Crippen molar-refractivity contribution in [3.05, 3.63) is 252 Å². The summed E-state index contributed by atoms with van der Waals surface area (Å²) in [5, 5.41) is 0. The number of nitrogens with zero attached hydrogens (tertiary/aromatic N) is 6. The van der Waals surface area contributed by atoms with Crippen LogP contribution in [0.3, 0.4) is 0 Å². The molecule has 318 valence electrons. The van der Waals surface area contributed by atoms with E-state index < -0.39 is 0 Å². The highest BCUT2D eigenvalue weighted by Crippen LogP contribution is 2.53. The predicted molar refractivity (Wildman–Crippen MR) is 272 cm³/mol. The van der Waals surface area contributed by atoms with Gasteiger partial charge in [-0.05, 0) is 122 Å². The van der Waals surface area contributed by atoms with Crippen LogP contribution in [0, 0.1) is 20.8 Å². The quantitative estimate of drug-likeness (QED) is 0.137. The van der Waals surface area contributed by atoms with Crippen LogP contribution in [0.15, 0.2) is 230 Å². The minimum atomic E-state index is 0.0171. The molecule has 2 unspecified atom stereocenters. The molecule has 2 heterocycles. The zero-order valence-corrected chi connectivity index (χ0v) is 37.2. The van der Waals surface area contributed by atoms with Gasteiger partial charge in [-0.1, -0.05) is 146 Å². The molecule has 9 aromatic rings. The Morgan fingerprint density at radius 3 is 1.39 bits per heavy atom. The van der Waals surface area contributed by atoms with Crippen LogP contribution >= 0.6 is 0 Å². The van der Waals surface area contributed by atoms with E-state index in [4.69, 9.17) is 15.0 Å². The van der Waals surface area contributed by atoms with Gasteiger partial charge in [0, 0.05) is 68.1 Å². The van der Waals surface area contributed by atoms with Gasteiger partial charge < -0.3 is 14.7 Å². The Morgan fingerprint density at radius 1 is 0.439 bits per heavy atom. The molecule has 0 fully saturated rings. The number of hydrogen-bond acceptors (Lipinski definition) is 6. The van der Waals surface area contributed by atoms with Crippen molar-refractivity contribution in [3.63, 3.8) is 0 Å². The third-order valence-corrected chi connectivity index (χ3v) is 12.9. The molecule has 0 N–H and O–H groups in total. The van der Waals surface area contributed by atoms with Crippen molar-refractivity contribution < 1.29 is 0 Å². The predicted octanol–water partition coefficient (Wildman–Crippen LogP) is 15.2. The van der Waals surface area contributed by atoms with Gasteiger partial charge in [-0.2, -0.15) is 0 Å². The first-order valence-electron chi connectivity index (χ1n) is 22.6. The minimum Gasteiger partial charge on any atom is -0.333 e. The number of hydrogen-bond donors (Lipinski definition) is 0. The molecule has 8 aromatic carbocycles. The molecule has 0 bridgehead atoms. The number of rotatable bonds is 10. The van der Waals surface area contributed by atoms with E-state index in [0.29, 0.717) is 17.5 Å². The van der Waals surface area contributed by atoms with Crippen LogP contribution < -0.4 is 14.7 Å². The molecule has 11 rings (SSSR count). The Labute approximate surface area is 387 Å². The van der Waals surface area contributed by atoms with Crippen LogP contribution in [-0.2, 0) is 0 Å². The summed E-state index contributed by atoms with van der Waals surface area (Å²) in [5.74, 6) is 2.00. The Bertz CT molecular complexity index is 3090. The van der Waals surface area contributed by atoms with Crippen molar-refractivity contribution in [3.8, 4) is 34.2 Å². The molecule has 0 spiro atoms. The van der Waals surface area contributed by atoms with Crippen LogP contribution in [0.4, 0.5) is 39.8 Å². The van der Waals surface area contributed by atoms with Gasteiger partial charge in [0.15, 0.2) is 17.5 Å². The zero-order valence-electron chi connectivity index (χ0n) is 37.2. The van der Waals surface area contributed by atoms with Gasteiger partial charge in [0.2, 0.25) is 0 Å². The summed E-state index contributed by atoms with van der Waals surface area (Å²) in [6.45, 7) is 6.70. The minimum absolute atomic E-state index is 0.0171. The van der Waals surface area contributed by atoms with Gasteiger partial charge in [-0.15, -0.1) is 0 Å². The Morgan fingerprint density at radius 2 is 0.894 bits per heavy atom. The Hall–Kier alpha value is -8.35. The van der Waals surface area contributed by atoms with Crippen LogP contribution in [-0.4, -0.2) is 21.0 Å². The molecular weight excluding hydrogens is 805 g/mol. The fourth-order valence-electron chi connectivity index (χ4n) is 9.73. The molecule has 1 aromatic heterocycles. The molecule has 0 saturated heterocycles. The Kier molecular flexibility index (Phi) is 10.6. The van der Waals surface area contributed by atoms with Crippen molar-refractivity contribution in [1.82, 2.24) is 15.0 Å². The van der Waals surface area contributed by atoms with Crippen LogP contribution in [0.1, 0.15) is 28.2 Å². The highest BCUT2D eigenvalue weighted by Gasteiger charge is 2.41. The topological polar surface area (TPSA) is 48.4 Å². The first-order chi connectivity index (χ1) is 32.5. The van der Waals surface area contributed by atoms with E-state index in [1.54, 1.807) is 0 Å². The molecule has 1 aliphatic carbocycles. The number of aryl methyl sites for hydroxylation is 1. The number of para-hydroxylation sites is 4. The molecule has 0 amide bonds. The summed E-state index contributed by atoms with van der Waals surface area (Å²) >= 11 is 0. The van der Waals surface area contributed by atoms with E-state index in [-0.39, 0.29) is 12.0 Å². The average molecular weight is 853 g/mol. The number of fused-ring (bicyclic) bond motifs is 3. The molecule has 2 atom stereocenters. The number of aromatic nitrogens is 3. The normalized spacial score (nSPS) is 14.9. The van der Waals surface area contributed by atoms with Crippen molar-refractivity contribution in [1.29, 1.82) is 0 Å². The smallest absolute Gasteiger partial charge is 0.164 e. The van der Waals surface area contributed by atoms with Gasteiger partial charge in [-0.3, -0.25) is 0 Å². The number of benzene rings is 8. The summed E-state index contributed by atoms with van der Waals surface area (Å²) < 4.78 is 0. The Balaban J connectivity index is 1.08. The lowest BCUT2D eigenvalue weighted by molar-refractivity contribution is 0.733. The van der Waals surface area contributed by atoms with E-state index in [1.807, 2.05) is 36.4 Å². The first kappa shape index (κ1) is 40.4. The third kappa shape index (κ3) is 7.42. The lowest BCUT2D eigenvalue weighted by Crippen LogP contribution is -2.31. The van der Waals surface area contributed by atoms with E-state index in [1.165, 1.54) is 22.5 Å². The van der Waals surface area contributed by atoms with Crippen molar-refractivity contribution in [2.75, 3.05) is 14.7 Å². The SMILES string of the molecule is Cc1cc(-c2nc(-c3ccccc3)nc(-c3ccccc3)n2)c(C)c(C)c1N1c2ccc(N(c3ccccc3)c3ccccc3)cc2C2C=C(N(c3ccccc3)c3ccccc3)C=CC21. The molecule has 0 radical (unpaired) electrons. The van der Waals surface area contributed by atoms with E-state index >= 15 is 0 Å². The maximum atomic E-state index is 5.16. The average Bonchev–Trinajstić information content (AvgIpc) is 3.69. The van der Waals surface area contributed by atoms with E-state index in [9.17, 15) is 0 Å². The maximum absolute atomic E-state index is 5.16. The number of anilines is 7. The number of allylic oxidation sites excluding steroid dienone is 1. The third-order valence-electron chi connectivity index (χ3n) is 12.9. The van der Waals surface area contributed by atoms with Crippen molar-refractivity contribution in [2.24, 2.45) is 0 Å². The standard InChI is InChI=1S/C60H48N6/c1-41-38-52(60-62-58(44-22-10-4-11-23-44)61-59(63-60)45-24-12-5-13-25-45)42(2)43(3)57(41)66-55-36-34-50(64(46-26-14-6-15-27-46)47-28-16-7-17-29-47)39-53(55)54-40-51(35-37-56(54)66)65(48-30-18-8-19-31-48)49-32-20-9-21-33-49/h4-40,53,55H,1-3H3. The van der Waals surface area contributed by atoms with Gasteiger partial charge in [0.1, 0.15) is 0 Å². The molecular formula is C60H48N6. The lowest BCUT2D eigenvalue weighted by Gasteiger charge is -2.35. The van der Waals surface area contributed by atoms with Gasteiger partial charge in [0.25, 0.3) is 0 Å². The molecule has 6 heteroatoms. The summed E-state index contributed by atoms with van der Waals surface area (Å²) in [5.41, 5.74) is 16.7. The summed E-state index contributed by atoms with van der Waals surface area (Å²) in [6.07, 6.45) is 7.21. The maximum Gasteiger partial charge on any atom is 0.164 e. The molecule has 2 aliphatic rings. The van der Waals surface area contributed by atoms with Crippen LogP contribution in [0.5, 0.6) is 0 Å². The highest BCUT2D eigenvalue weighted by molar-refractivity contribution is 5.86. The molecule has 0 saturated carbocycles. The van der Waals surface area contributed by atoms with Crippen LogP contribution in [0.2, 0.25) is 0 Å². The van der Waals surface area contributed by atoms with Crippen molar-refractivity contribution >= 4 is 39.8 Å². The van der Waals surface area contributed by atoms with E-state index in [2.05, 4.69) is 224 Å². The highest BCUT2D eigenvalue weighted by atomic mass is 15.2. The summed E-state index contributed by atoms with van der Waals surface area (Å²) in [6, 6.07) is 72.4. The second-order valence-electron chi connectivity index (χ2n) is 17.0. The fourth-order valence-corrected chi connectivity index (χ4v) is 9.73. The molecule has 1 aliphatic heterocycles. The second kappa shape index (κ2) is 17.3. The fraction of sp³-hybridized carbons (Fsp3) is 0.0833. The van der Waals surface area contributed by atoms with Gasteiger partial charge >= 0.3 is 0 Å². The molecule has 6 nitrogen and oxygen atoms in total. The lowest BCUT2D eigenvalue weighted by atomic mass is 9.88. The largest absolute Gasteiger partial charge is 0.333 e. The second-order valence-corrected chi connectivity index (χ2v) is 17.0. The van der Waals surface area contributed by atoms with Crippen LogP contribution in [0.25, 0.3) is 34.2 Å². The zero-order chi connectivity index (χ0) is 44.6. The first-order valence-corrected chi connectivity index (χ1v) is 22.6. The van der Waals surface area contributed by atoms with Gasteiger partial charge in [0.05, 0.1) is 6.04 Å². The molecule has 66 heavy (non-hydrogen) atoms. The van der Waals surface area contributed by atoms with Crippen molar-refractivity contribution in [2.45, 2.75) is 32.7 Å². The monoisotopic (exact) mass is 852 g/mol. The van der Waals surface area contributed by atoms with Gasteiger partial charge in [-0.25, -0.2) is 15.0 Å². The summed E-state index contributed by atoms with van der Waals surface area (Å²) in [7, 11) is 0. The van der Waals surface area contributed by atoms with E-state index in [0.717, 1.165) is 62.0 Å². The summed E-state index contributed by atoms with van der Waals surface area (Å²) in [4.78, 5) is 22.6.